The van der Waals surface area contributed by atoms with Crippen molar-refractivity contribution in [2.24, 2.45) is 0 Å². The van der Waals surface area contributed by atoms with Crippen LogP contribution in [0.5, 0.6) is 0 Å². The highest BCUT2D eigenvalue weighted by molar-refractivity contribution is 6.30. The van der Waals surface area contributed by atoms with Crippen molar-refractivity contribution in [3.8, 4) is 0 Å². The number of benzene rings is 2. The second-order valence-electron chi connectivity index (χ2n) is 5.22. The number of anilines is 1. The van der Waals surface area contributed by atoms with Crippen LogP contribution in [0.1, 0.15) is 33.2 Å². The van der Waals surface area contributed by atoms with Crippen molar-refractivity contribution in [3.05, 3.63) is 64.2 Å². The lowest BCUT2D eigenvalue weighted by molar-refractivity contribution is -0.114. The smallest absolute Gasteiger partial charge is 0.261 e. The van der Waals surface area contributed by atoms with Crippen LogP contribution in [0.2, 0.25) is 5.02 Å². The van der Waals surface area contributed by atoms with Crippen LogP contribution in [0.15, 0.2) is 42.5 Å². The molecule has 3 rings (SSSR count). The number of rotatable bonds is 3. The lowest BCUT2D eigenvalue weighted by Crippen LogP contribution is -2.29. The molecule has 0 aromatic heterocycles. The van der Waals surface area contributed by atoms with Crippen LogP contribution < -0.4 is 5.32 Å². The first kappa shape index (κ1) is 15.2. The molecule has 0 unspecified atom stereocenters. The molecule has 3 amide bonds. The van der Waals surface area contributed by atoms with Gasteiger partial charge in [-0.25, -0.2) is 0 Å². The van der Waals surface area contributed by atoms with E-state index >= 15 is 0 Å². The van der Waals surface area contributed by atoms with Crippen molar-refractivity contribution in [2.75, 3.05) is 5.32 Å². The molecule has 1 N–H and O–H groups in total. The predicted octanol–water partition coefficient (Wildman–Crippen LogP) is 3.09. The molecular formula is C17H13ClN2O3. The molecule has 2 aromatic rings. The Kier molecular flexibility index (Phi) is 3.88. The van der Waals surface area contributed by atoms with Gasteiger partial charge in [-0.05, 0) is 35.9 Å². The molecule has 0 fully saturated rings. The second kappa shape index (κ2) is 5.85. The number of halogens is 1. The number of imide groups is 1. The highest BCUT2D eigenvalue weighted by Crippen LogP contribution is 2.28. The van der Waals surface area contributed by atoms with Gasteiger partial charge in [-0.1, -0.05) is 23.7 Å². The van der Waals surface area contributed by atoms with E-state index in [2.05, 4.69) is 5.32 Å². The van der Waals surface area contributed by atoms with Crippen LogP contribution in [0, 0.1) is 0 Å². The first-order valence-corrected chi connectivity index (χ1v) is 7.36. The standard InChI is InChI=1S/C17H13ClN2O3/c1-10(21)19-15-7-6-12(18)8-11(15)9-20-16(22)13-4-2-3-5-14(13)17(20)23/h2-8H,9H2,1H3,(H,19,21). The maximum atomic E-state index is 12.4. The molecule has 116 valence electrons. The fourth-order valence-corrected chi connectivity index (χ4v) is 2.75. The number of fused-ring (bicyclic) bond motifs is 1. The zero-order chi connectivity index (χ0) is 16.6. The Morgan fingerprint density at radius 2 is 1.70 bits per heavy atom. The van der Waals surface area contributed by atoms with Crippen molar-refractivity contribution in [3.63, 3.8) is 0 Å². The Morgan fingerprint density at radius 3 is 2.26 bits per heavy atom. The van der Waals surface area contributed by atoms with Crippen molar-refractivity contribution < 1.29 is 14.4 Å². The van der Waals surface area contributed by atoms with Gasteiger partial charge in [0.05, 0.1) is 17.7 Å². The van der Waals surface area contributed by atoms with E-state index in [9.17, 15) is 14.4 Å². The summed E-state index contributed by atoms with van der Waals surface area (Å²) in [6, 6.07) is 11.6. The summed E-state index contributed by atoms with van der Waals surface area (Å²) in [6.07, 6.45) is 0. The third-order valence-corrected chi connectivity index (χ3v) is 3.82. The van der Waals surface area contributed by atoms with E-state index in [4.69, 9.17) is 11.6 Å². The number of amides is 3. The molecule has 5 nitrogen and oxygen atoms in total. The molecule has 6 heteroatoms. The number of hydrogen-bond acceptors (Lipinski definition) is 3. The Labute approximate surface area is 137 Å². The van der Waals surface area contributed by atoms with Crippen molar-refractivity contribution in [1.29, 1.82) is 0 Å². The minimum Gasteiger partial charge on any atom is -0.326 e. The van der Waals surface area contributed by atoms with Gasteiger partial charge in [0.1, 0.15) is 0 Å². The average molecular weight is 329 g/mol. The Balaban J connectivity index is 1.94. The van der Waals surface area contributed by atoms with Crippen molar-refractivity contribution >= 4 is 35.0 Å². The summed E-state index contributed by atoms with van der Waals surface area (Å²) in [7, 11) is 0. The predicted molar refractivity (Wildman–Crippen MR) is 86.4 cm³/mol. The van der Waals surface area contributed by atoms with Gasteiger partial charge in [0.25, 0.3) is 11.8 Å². The largest absolute Gasteiger partial charge is 0.326 e. The summed E-state index contributed by atoms with van der Waals surface area (Å²) in [6.45, 7) is 1.43. The van der Waals surface area contributed by atoms with E-state index in [1.54, 1.807) is 42.5 Å². The van der Waals surface area contributed by atoms with Crippen LogP contribution in [-0.4, -0.2) is 22.6 Å². The molecule has 0 saturated heterocycles. The van der Waals surface area contributed by atoms with Gasteiger partial charge in [0.2, 0.25) is 5.91 Å². The van der Waals surface area contributed by atoms with E-state index in [-0.39, 0.29) is 24.3 Å². The number of nitrogens with zero attached hydrogens (tertiary/aromatic N) is 1. The number of carbonyl (C=O) groups excluding carboxylic acids is 3. The minimum absolute atomic E-state index is 0.0442. The zero-order valence-electron chi connectivity index (χ0n) is 12.3. The van der Waals surface area contributed by atoms with Gasteiger partial charge in [-0.3, -0.25) is 19.3 Å². The fourth-order valence-electron chi connectivity index (χ4n) is 2.56. The second-order valence-corrected chi connectivity index (χ2v) is 5.66. The van der Waals surface area contributed by atoms with Gasteiger partial charge in [0, 0.05) is 17.6 Å². The summed E-state index contributed by atoms with van der Waals surface area (Å²) < 4.78 is 0. The zero-order valence-corrected chi connectivity index (χ0v) is 13.1. The fraction of sp³-hybridized carbons (Fsp3) is 0.118. The third-order valence-electron chi connectivity index (χ3n) is 3.58. The SMILES string of the molecule is CC(=O)Nc1ccc(Cl)cc1CN1C(=O)c2ccccc2C1=O. The van der Waals surface area contributed by atoms with Crippen LogP contribution in [0.25, 0.3) is 0 Å². The van der Waals surface area contributed by atoms with Crippen LogP contribution in [-0.2, 0) is 11.3 Å². The van der Waals surface area contributed by atoms with Gasteiger partial charge in [0.15, 0.2) is 0 Å². The van der Waals surface area contributed by atoms with Crippen LogP contribution in [0.3, 0.4) is 0 Å². The van der Waals surface area contributed by atoms with Crippen molar-refractivity contribution in [1.82, 2.24) is 4.90 Å². The summed E-state index contributed by atoms with van der Waals surface area (Å²) >= 11 is 6.00. The first-order chi connectivity index (χ1) is 11.0. The molecular weight excluding hydrogens is 316 g/mol. The minimum atomic E-state index is -0.348. The molecule has 0 spiro atoms. The molecule has 1 aliphatic rings. The van der Waals surface area contributed by atoms with Crippen LogP contribution in [0.4, 0.5) is 5.69 Å². The summed E-state index contributed by atoms with van der Waals surface area (Å²) in [5.41, 5.74) is 1.90. The van der Waals surface area contributed by atoms with E-state index < -0.39 is 0 Å². The Hall–Kier alpha value is -2.66. The summed E-state index contributed by atoms with van der Waals surface area (Å²) in [5, 5.41) is 3.14. The Morgan fingerprint density at radius 1 is 1.09 bits per heavy atom. The summed E-state index contributed by atoms with van der Waals surface area (Å²) in [5.74, 6) is -0.936. The number of nitrogens with one attached hydrogen (secondary N) is 1. The molecule has 0 radical (unpaired) electrons. The monoisotopic (exact) mass is 328 g/mol. The maximum absolute atomic E-state index is 12.4. The first-order valence-electron chi connectivity index (χ1n) is 6.98. The van der Waals surface area contributed by atoms with Gasteiger partial charge >= 0.3 is 0 Å². The van der Waals surface area contributed by atoms with Crippen LogP contribution >= 0.6 is 11.6 Å². The highest BCUT2D eigenvalue weighted by atomic mass is 35.5. The quantitative estimate of drug-likeness (QED) is 0.880. The maximum Gasteiger partial charge on any atom is 0.261 e. The van der Waals surface area contributed by atoms with Crippen molar-refractivity contribution in [2.45, 2.75) is 13.5 Å². The lowest BCUT2D eigenvalue weighted by Gasteiger charge is -2.17. The van der Waals surface area contributed by atoms with Gasteiger partial charge < -0.3 is 5.32 Å². The number of hydrogen-bond donors (Lipinski definition) is 1. The number of carbonyl (C=O) groups is 3. The molecule has 23 heavy (non-hydrogen) atoms. The Bertz CT molecular complexity index is 797. The summed E-state index contributed by atoms with van der Waals surface area (Å²) in [4.78, 5) is 37.3. The van der Waals surface area contributed by atoms with Gasteiger partial charge in [-0.2, -0.15) is 0 Å². The van der Waals surface area contributed by atoms with Gasteiger partial charge in [-0.15, -0.1) is 0 Å². The van der Waals surface area contributed by atoms with E-state index in [1.807, 2.05) is 0 Å². The third kappa shape index (κ3) is 2.83. The molecule has 0 aliphatic carbocycles. The van der Waals surface area contributed by atoms with E-state index in [0.29, 0.717) is 27.4 Å². The topological polar surface area (TPSA) is 66.5 Å². The van der Waals surface area contributed by atoms with E-state index in [1.165, 1.54) is 6.92 Å². The van der Waals surface area contributed by atoms with E-state index in [0.717, 1.165) is 4.90 Å². The molecule has 0 saturated carbocycles. The molecule has 0 bridgehead atoms. The lowest BCUT2D eigenvalue weighted by atomic mass is 10.1. The highest BCUT2D eigenvalue weighted by Gasteiger charge is 2.35. The normalized spacial score (nSPS) is 13.2. The molecule has 1 aliphatic heterocycles. The molecule has 0 atom stereocenters. The molecule has 1 heterocycles. The molecule has 2 aromatic carbocycles. The average Bonchev–Trinajstić information content (AvgIpc) is 2.75.